The molecule has 1 aliphatic rings. The van der Waals surface area contributed by atoms with E-state index >= 15 is 0 Å². The summed E-state index contributed by atoms with van der Waals surface area (Å²) in [4.78, 5) is 4.95. The second-order valence-electron chi connectivity index (χ2n) is 12.7. The summed E-state index contributed by atoms with van der Waals surface area (Å²) in [6.45, 7) is 13.3. The smallest absolute Gasteiger partial charge is 0.0464 e. The monoisotopic (exact) mass is 576 g/mol. The zero-order chi connectivity index (χ0) is 30.8. The fourth-order valence-electron chi connectivity index (χ4n) is 6.82. The van der Waals surface area contributed by atoms with Crippen LogP contribution in [0.2, 0.25) is 0 Å². The predicted molar refractivity (Wildman–Crippen MR) is 190 cm³/mol. The molecule has 0 amide bonds. The lowest BCUT2D eigenvalue weighted by molar-refractivity contribution is 0.572. The Kier molecular flexibility index (Phi) is 8.44. The average molecular weight is 577 g/mol. The molecule has 0 radical (unpaired) electrons. The highest BCUT2D eigenvalue weighted by Crippen LogP contribution is 2.40. The lowest BCUT2D eigenvalue weighted by Gasteiger charge is -2.36. The molecule has 0 saturated heterocycles. The van der Waals surface area contributed by atoms with E-state index in [9.17, 15) is 0 Å². The number of hydrogen-bond donors (Lipinski definition) is 0. The first-order valence-corrected chi connectivity index (χ1v) is 15.9. The van der Waals surface area contributed by atoms with Gasteiger partial charge in [-0.15, -0.1) is 0 Å². The average Bonchev–Trinajstić information content (AvgIpc) is 2.98. The first kappa shape index (κ1) is 29.5. The molecule has 222 valence electrons. The number of allylic oxidation sites excluding steroid dienone is 1. The van der Waals surface area contributed by atoms with E-state index in [4.69, 9.17) is 0 Å². The van der Waals surface area contributed by atoms with Gasteiger partial charge in [-0.25, -0.2) is 0 Å². The minimum absolute atomic E-state index is 0.460. The topological polar surface area (TPSA) is 6.48 Å². The van der Waals surface area contributed by atoms with Crippen LogP contribution in [0.5, 0.6) is 0 Å². The highest BCUT2D eigenvalue weighted by Gasteiger charge is 2.24. The Morgan fingerprint density at radius 2 is 0.955 bits per heavy atom. The van der Waals surface area contributed by atoms with Crippen molar-refractivity contribution < 1.29 is 0 Å². The summed E-state index contributed by atoms with van der Waals surface area (Å²) in [5, 5.41) is 0. The maximum atomic E-state index is 2.58. The molecule has 0 aromatic heterocycles. The minimum Gasteiger partial charge on any atom is -0.338 e. The van der Waals surface area contributed by atoms with Gasteiger partial charge < -0.3 is 9.80 Å². The molecule has 5 aromatic rings. The lowest BCUT2D eigenvalue weighted by atomic mass is 9.92. The van der Waals surface area contributed by atoms with Crippen molar-refractivity contribution in [2.75, 3.05) is 9.80 Å². The van der Waals surface area contributed by atoms with Gasteiger partial charge in [0.25, 0.3) is 0 Å². The zero-order valence-corrected chi connectivity index (χ0v) is 27.1. The summed E-state index contributed by atoms with van der Waals surface area (Å²) in [5.41, 5.74) is 16.5. The molecule has 0 bridgehead atoms. The van der Waals surface area contributed by atoms with Gasteiger partial charge in [-0.3, -0.25) is 0 Å². The van der Waals surface area contributed by atoms with Crippen LogP contribution in [0.4, 0.5) is 28.4 Å². The van der Waals surface area contributed by atoms with Crippen molar-refractivity contribution in [3.63, 3.8) is 0 Å². The maximum absolute atomic E-state index is 2.58. The third-order valence-electron chi connectivity index (χ3n) is 8.96. The van der Waals surface area contributed by atoms with Gasteiger partial charge in [0.05, 0.1) is 0 Å². The largest absolute Gasteiger partial charge is 0.338 e. The molecule has 2 nitrogen and oxygen atoms in total. The quantitative estimate of drug-likeness (QED) is 0.178. The molecule has 44 heavy (non-hydrogen) atoms. The summed E-state index contributed by atoms with van der Waals surface area (Å²) in [6.07, 6.45) is 5.83. The fourth-order valence-corrected chi connectivity index (χ4v) is 6.82. The van der Waals surface area contributed by atoms with Crippen LogP contribution in [-0.2, 0) is 0 Å². The molecule has 0 N–H and O–H groups in total. The Balaban J connectivity index is 1.38. The third kappa shape index (κ3) is 6.21. The molecule has 6 rings (SSSR count). The fraction of sp³-hybridized carbons (Fsp3) is 0.238. The van der Waals surface area contributed by atoms with Gasteiger partial charge in [0.15, 0.2) is 0 Å². The van der Waals surface area contributed by atoms with E-state index in [1.165, 1.54) is 79.4 Å². The second kappa shape index (κ2) is 12.6. The molecular weight excluding hydrogens is 532 g/mol. The van der Waals surface area contributed by atoms with Crippen molar-refractivity contribution >= 4 is 28.4 Å². The van der Waals surface area contributed by atoms with Crippen LogP contribution < -0.4 is 9.80 Å². The maximum Gasteiger partial charge on any atom is 0.0464 e. The standard InChI is InChI=1S/C42H44N2/c1-29-11-7-15-35(23-29)43(36-16-8-12-30(2)24-36)39-19-21-41(33(5)27-39)42-22-20-40(28-34(42)6)44(37-17-9-13-31(3)25-37)38-18-10-14-32(4)26-38/h7-9,11-17,19-25,27-28,38H,10,18,26H2,1-6H3. The Morgan fingerprint density at radius 1 is 0.500 bits per heavy atom. The minimum atomic E-state index is 0.460. The van der Waals surface area contributed by atoms with E-state index < -0.39 is 0 Å². The number of nitrogens with zero attached hydrogens (tertiary/aromatic N) is 2. The van der Waals surface area contributed by atoms with Crippen LogP contribution in [-0.4, -0.2) is 6.04 Å². The Bertz CT molecular complexity index is 1780. The van der Waals surface area contributed by atoms with Gasteiger partial charge in [0.2, 0.25) is 0 Å². The summed E-state index contributed by atoms with van der Waals surface area (Å²) >= 11 is 0. The first-order chi connectivity index (χ1) is 21.3. The molecule has 0 saturated carbocycles. The number of hydrogen-bond acceptors (Lipinski definition) is 2. The highest BCUT2D eigenvalue weighted by molar-refractivity contribution is 5.81. The van der Waals surface area contributed by atoms with Crippen LogP contribution in [0.1, 0.15) is 54.0 Å². The van der Waals surface area contributed by atoms with Crippen molar-refractivity contribution in [2.45, 2.75) is 66.8 Å². The molecular formula is C42H44N2. The molecule has 0 aliphatic heterocycles. The van der Waals surface area contributed by atoms with Crippen molar-refractivity contribution in [3.8, 4) is 11.1 Å². The molecule has 0 heterocycles. The van der Waals surface area contributed by atoms with Gasteiger partial charge in [0.1, 0.15) is 0 Å². The van der Waals surface area contributed by atoms with Crippen molar-refractivity contribution in [1.82, 2.24) is 0 Å². The van der Waals surface area contributed by atoms with Crippen LogP contribution in [0.15, 0.2) is 121 Å². The molecule has 0 spiro atoms. The summed E-state index contributed by atoms with van der Waals surface area (Å²) < 4.78 is 0. The first-order valence-electron chi connectivity index (χ1n) is 15.9. The molecule has 0 fully saturated rings. The SMILES string of the molecule is CC1=CCCC(N(c2cccc(C)c2)c2ccc(-c3ccc(N(c4cccc(C)c4)c4cccc(C)c4)cc3C)c(C)c2)C1. The van der Waals surface area contributed by atoms with Crippen molar-refractivity contribution in [3.05, 3.63) is 149 Å². The van der Waals surface area contributed by atoms with E-state index in [1.54, 1.807) is 0 Å². The van der Waals surface area contributed by atoms with E-state index in [2.05, 4.69) is 167 Å². The second-order valence-corrected chi connectivity index (χ2v) is 12.7. The van der Waals surface area contributed by atoms with Crippen molar-refractivity contribution in [2.24, 2.45) is 0 Å². The van der Waals surface area contributed by atoms with E-state index in [0.717, 1.165) is 12.8 Å². The van der Waals surface area contributed by atoms with Crippen molar-refractivity contribution in [1.29, 1.82) is 0 Å². The number of aryl methyl sites for hydroxylation is 5. The van der Waals surface area contributed by atoms with Gasteiger partial charge >= 0.3 is 0 Å². The number of anilines is 5. The number of rotatable bonds is 7. The van der Waals surface area contributed by atoms with Gasteiger partial charge in [-0.1, -0.05) is 60.2 Å². The molecule has 1 unspecified atom stereocenters. The molecule has 2 heteroatoms. The molecule has 1 atom stereocenters. The van der Waals surface area contributed by atoms with E-state index in [-0.39, 0.29) is 0 Å². The summed E-state index contributed by atoms with van der Waals surface area (Å²) in [7, 11) is 0. The Hall–Kier alpha value is -4.56. The van der Waals surface area contributed by atoms with Crippen LogP contribution in [0.25, 0.3) is 11.1 Å². The van der Waals surface area contributed by atoms with Crippen LogP contribution in [0.3, 0.4) is 0 Å². The zero-order valence-electron chi connectivity index (χ0n) is 27.1. The number of benzene rings is 5. The normalized spacial score (nSPS) is 14.7. The van der Waals surface area contributed by atoms with E-state index in [1.807, 2.05) is 0 Å². The van der Waals surface area contributed by atoms with Crippen LogP contribution >= 0.6 is 0 Å². The lowest BCUT2D eigenvalue weighted by Crippen LogP contribution is -2.32. The summed E-state index contributed by atoms with van der Waals surface area (Å²) in [5.74, 6) is 0. The Labute approximate surface area is 264 Å². The van der Waals surface area contributed by atoms with E-state index in [0.29, 0.717) is 6.04 Å². The van der Waals surface area contributed by atoms with Gasteiger partial charge in [0, 0.05) is 34.5 Å². The van der Waals surface area contributed by atoms with Crippen LogP contribution in [0, 0.1) is 34.6 Å². The third-order valence-corrected chi connectivity index (χ3v) is 8.96. The molecule has 1 aliphatic carbocycles. The van der Waals surface area contributed by atoms with Gasteiger partial charge in [-0.05, 0) is 160 Å². The van der Waals surface area contributed by atoms with Gasteiger partial charge in [-0.2, -0.15) is 0 Å². The highest BCUT2D eigenvalue weighted by atomic mass is 15.2. The summed E-state index contributed by atoms with van der Waals surface area (Å²) in [6, 6.07) is 40.9. The molecule has 5 aromatic carbocycles. The predicted octanol–water partition coefficient (Wildman–Crippen LogP) is 12.0. The Morgan fingerprint density at radius 3 is 1.48 bits per heavy atom.